The molecule has 6 nitrogen and oxygen atoms in total. The molecule has 1 saturated carbocycles. The lowest BCUT2D eigenvalue weighted by atomic mass is 10.2. The van der Waals surface area contributed by atoms with Crippen LogP contribution in [0.2, 0.25) is 0 Å². The minimum absolute atomic E-state index is 0.226. The average Bonchev–Trinajstić information content (AvgIpc) is 3.43. The van der Waals surface area contributed by atoms with Gasteiger partial charge in [0, 0.05) is 5.56 Å². The number of rotatable bonds is 7. The summed E-state index contributed by atoms with van der Waals surface area (Å²) in [4.78, 5) is 13.5. The maximum atomic E-state index is 13.6. The van der Waals surface area contributed by atoms with Crippen molar-refractivity contribution in [2.75, 3.05) is 6.61 Å². The highest BCUT2D eigenvalue weighted by Gasteiger charge is 2.22. The molecule has 0 atom stereocenters. The number of hydrogen-bond donors (Lipinski definition) is 2. The van der Waals surface area contributed by atoms with E-state index in [9.17, 15) is 17.6 Å². The van der Waals surface area contributed by atoms with Crippen LogP contribution in [-0.4, -0.2) is 20.9 Å². The molecule has 25 heavy (non-hydrogen) atoms. The van der Waals surface area contributed by atoms with Crippen LogP contribution < -0.4 is 15.0 Å². The van der Waals surface area contributed by atoms with Crippen molar-refractivity contribution in [2.24, 2.45) is 5.92 Å². The number of nitrogens with one attached hydrogen (secondary N) is 2. The van der Waals surface area contributed by atoms with Gasteiger partial charge >= 0.3 is 0 Å². The predicted octanol–water partition coefficient (Wildman–Crippen LogP) is 2.24. The monoisotopic (exact) mass is 364 g/mol. The minimum Gasteiger partial charge on any atom is -0.493 e. The van der Waals surface area contributed by atoms with Gasteiger partial charge in [0.2, 0.25) is 0 Å². The average molecular weight is 364 g/mol. The van der Waals surface area contributed by atoms with Crippen LogP contribution in [-0.2, 0) is 10.0 Å². The number of halogens is 1. The van der Waals surface area contributed by atoms with E-state index in [2.05, 4.69) is 5.43 Å². The van der Waals surface area contributed by atoms with Crippen LogP contribution in [0.15, 0.2) is 53.4 Å². The van der Waals surface area contributed by atoms with Gasteiger partial charge in [-0.2, -0.15) is 0 Å². The Morgan fingerprint density at radius 3 is 2.64 bits per heavy atom. The molecule has 0 aromatic heterocycles. The first-order valence-corrected chi connectivity index (χ1v) is 9.23. The van der Waals surface area contributed by atoms with Gasteiger partial charge in [0.15, 0.2) is 0 Å². The third kappa shape index (κ3) is 4.55. The summed E-state index contributed by atoms with van der Waals surface area (Å²) in [6, 6.07) is 11.3. The molecule has 0 bridgehead atoms. The fourth-order valence-electron chi connectivity index (χ4n) is 2.13. The Hall–Kier alpha value is -2.45. The maximum Gasteiger partial charge on any atom is 0.266 e. The number of carbonyl (C=O) groups is 1. The van der Waals surface area contributed by atoms with E-state index >= 15 is 0 Å². The lowest BCUT2D eigenvalue weighted by Gasteiger charge is -2.10. The van der Waals surface area contributed by atoms with E-state index in [1.807, 2.05) is 4.83 Å². The first-order valence-electron chi connectivity index (χ1n) is 7.75. The first kappa shape index (κ1) is 17.4. The van der Waals surface area contributed by atoms with Gasteiger partial charge in [0.05, 0.1) is 6.61 Å². The van der Waals surface area contributed by atoms with Gasteiger partial charge < -0.3 is 4.74 Å². The van der Waals surface area contributed by atoms with Crippen molar-refractivity contribution < 1.29 is 22.3 Å². The van der Waals surface area contributed by atoms with Crippen molar-refractivity contribution in [3.63, 3.8) is 0 Å². The number of hydrazine groups is 1. The maximum absolute atomic E-state index is 13.6. The Morgan fingerprint density at radius 2 is 1.92 bits per heavy atom. The third-order valence-corrected chi connectivity index (χ3v) is 4.98. The number of benzene rings is 2. The molecule has 3 rings (SSSR count). The zero-order chi connectivity index (χ0) is 17.9. The summed E-state index contributed by atoms with van der Waals surface area (Å²) < 4.78 is 43.3. The normalized spacial score (nSPS) is 14.1. The highest BCUT2D eigenvalue weighted by Crippen LogP contribution is 2.29. The highest BCUT2D eigenvalue weighted by atomic mass is 32.2. The molecule has 0 spiro atoms. The van der Waals surface area contributed by atoms with Gasteiger partial charge in [-0.3, -0.25) is 10.2 Å². The molecule has 2 N–H and O–H groups in total. The molecule has 1 amide bonds. The van der Waals surface area contributed by atoms with E-state index < -0.39 is 26.6 Å². The van der Waals surface area contributed by atoms with Crippen LogP contribution in [0.5, 0.6) is 5.75 Å². The van der Waals surface area contributed by atoms with Gasteiger partial charge in [0.1, 0.15) is 16.5 Å². The van der Waals surface area contributed by atoms with Crippen molar-refractivity contribution in [1.82, 2.24) is 10.3 Å². The fourth-order valence-corrected chi connectivity index (χ4v) is 3.05. The van der Waals surface area contributed by atoms with Crippen LogP contribution in [0, 0.1) is 11.7 Å². The van der Waals surface area contributed by atoms with Crippen LogP contribution in [0.25, 0.3) is 0 Å². The van der Waals surface area contributed by atoms with Crippen molar-refractivity contribution in [3.8, 4) is 5.75 Å². The van der Waals surface area contributed by atoms with Gasteiger partial charge in [-0.15, -0.1) is 4.83 Å². The second kappa shape index (κ2) is 7.20. The second-order valence-corrected chi connectivity index (χ2v) is 7.42. The van der Waals surface area contributed by atoms with E-state index in [4.69, 9.17) is 4.74 Å². The highest BCUT2D eigenvalue weighted by molar-refractivity contribution is 7.89. The second-order valence-electron chi connectivity index (χ2n) is 5.77. The Balaban J connectivity index is 1.64. The Morgan fingerprint density at radius 1 is 1.16 bits per heavy atom. The van der Waals surface area contributed by atoms with Gasteiger partial charge in [-0.1, -0.05) is 18.2 Å². The fraction of sp³-hybridized carbons (Fsp3) is 0.235. The molecule has 2 aromatic carbocycles. The molecule has 0 unspecified atom stereocenters. The number of carbonyl (C=O) groups excluding carboxylic acids is 1. The molecule has 1 aliphatic carbocycles. The third-order valence-electron chi connectivity index (χ3n) is 3.70. The summed E-state index contributed by atoms with van der Waals surface area (Å²) in [5, 5.41) is 0. The Kier molecular flexibility index (Phi) is 5.00. The summed E-state index contributed by atoms with van der Waals surface area (Å²) in [6.45, 7) is 0.602. The zero-order valence-corrected chi connectivity index (χ0v) is 14.1. The molecule has 1 aliphatic rings. The van der Waals surface area contributed by atoms with Crippen molar-refractivity contribution >= 4 is 15.9 Å². The molecule has 0 radical (unpaired) electrons. The lowest BCUT2D eigenvalue weighted by Crippen LogP contribution is -2.41. The predicted molar refractivity (Wildman–Crippen MR) is 88.8 cm³/mol. The quantitative estimate of drug-likeness (QED) is 0.738. The summed E-state index contributed by atoms with van der Waals surface area (Å²) in [5.74, 6) is -0.460. The number of ether oxygens (including phenoxy) is 1. The summed E-state index contributed by atoms with van der Waals surface area (Å²) in [7, 11) is -4.21. The van der Waals surface area contributed by atoms with Gasteiger partial charge in [-0.05, 0) is 49.1 Å². The van der Waals surface area contributed by atoms with E-state index in [1.54, 1.807) is 12.1 Å². The van der Waals surface area contributed by atoms with Crippen molar-refractivity contribution in [3.05, 3.63) is 59.9 Å². The molecule has 1 fully saturated rings. The number of amides is 1. The number of hydrogen-bond acceptors (Lipinski definition) is 4. The van der Waals surface area contributed by atoms with Crippen LogP contribution in [0.1, 0.15) is 23.2 Å². The Labute approximate surface area is 145 Å². The molecule has 8 heteroatoms. The van der Waals surface area contributed by atoms with Gasteiger partial charge in [0.25, 0.3) is 15.9 Å². The standard InChI is InChI=1S/C17H17FN2O4S/c18-15-6-1-2-7-16(15)25(22,23)20-19-17(21)13-4-3-5-14(10-13)24-11-12-8-9-12/h1-7,10,12,20H,8-9,11H2,(H,19,21). The first-order chi connectivity index (χ1) is 12.0. The SMILES string of the molecule is O=C(NNS(=O)(=O)c1ccccc1F)c1cccc(OCC2CC2)c1. The molecule has 0 aliphatic heterocycles. The van der Waals surface area contributed by atoms with Crippen LogP contribution >= 0.6 is 0 Å². The van der Waals surface area contributed by atoms with E-state index in [0.29, 0.717) is 18.3 Å². The summed E-state index contributed by atoms with van der Waals surface area (Å²) in [6.07, 6.45) is 2.30. The van der Waals surface area contributed by atoms with Crippen LogP contribution in [0.4, 0.5) is 4.39 Å². The molecule has 2 aromatic rings. The molecule has 0 heterocycles. The topological polar surface area (TPSA) is 84.5 Å². The van der Waals surface area contributed by atoms with E-state index in [1.165, 1.54) is 24.3 Å². The number of sulfonamides is 1. The summed E-state index contributed by atoms with van der Waals surface area (Å²) in [5.41, 5.74) is 2.30. The summed E-state index contributed by atoms with van der Waals surface area (Å²) >= 11 is 0. The largest absolute Gasteiger partial charge is 0.493 e. The molecule has 0 saturated heterocycles. The lowest BCUT2D eigenvalue weighted by molar-refractivity contribution is 0.0944. The molecule has 132 valence electrons. The molecular formula is C17H17FN2O4S. The van der Waals surface area contributed by atoms with E-state index in [0.717, 1.165) is 25.0 Å². The van der Waals surface area contributed by atoms with Crippen molar-refractivity contribution in [1.29, 1.82) is 0 Å². The minimum atomic E-state index is -4.21. The van der Waals surface area contributed by atoms with Crippen LogP contribution in [0.3, 0.4) is 0 Å². The van der Waals surface area contributed by atoms with Crippen molar-refractivity contribution in [2.45, 2.75) is 17.7 Å². The Bertz CT molecular complexity index is 882. The smallest absolute Gasteiger partial charge is 0.266 e. The zero-order valence-electron chi connectivity index (χ0n) is 13.2. The van der Waals surface area contributed by atoms with Gasteiger partial charge in [-0.25, -0.2) is 12.8 Å². The van der Waals surface area contributed by atoms with E-state index in [-0.39, 0.29) is 5.56 Å². The molecular weight excluding hydrogens is 347 g/mol.